The molecular formula is C15H15ClN2O2. The predicted octanol–water partition coefficient (Wildman–Crippen LogP) is 3.54. The fraction of sp³-hybridized carbons (Fsp3) is 0.133. The van der Waals surface area contributed by atoms with E-state index < -0.39 is 0 Å². The van der Waals surface area contributed by atoms with Crippen molar-refractivity contribution in [3.63, 3.8) is 0 Å². The number of rotatable bonds is 5. The number of carbonyl (C=O) groups is 1. The summed E-state index contributed by atoms with van der Waals surface area (Å²) in [4.78, 5) is 11.6. The van der Waals surface area contributed by atoms with Gasteiger partial charge in [-0.2, -0.15) is 0 Å². The summed E-state index contributed by atoms with van der Waals surface area (Å²) in [6.07, 6.45) is 0. The minimum absolute atomic E-state index is 0.288. The first-order valence-corrected chi connectivity index (χ1v) is 6.60. The van der Waals surface area contributed by atoms with E-state index >= 15 is 0 Å². The molecule has 2 amide bonds. The van der Waals surface area contributed by atoms with Crippen molar-refractivity contribution in [3.8, 4) is 5.75 Å². The molecule has 5 heteroatoms. The Labute approximate surface area is 122 Å². The van der Waals surface area contributed by atoms with Crippen LogP contribution in [0.2, 0.25) is 5.02 Å². The number of para-hydroxylation sites is 1. The number of benzene rings is 2. The molecule has 0 unspecified atom stereocenters. The van der Waals surface area contributed by atoms with Gasteiger partial charge in [-0.15, -0.1) is 0 Å². The first kappa shape index (κ1) is 14.2. The molecule has 0 heterocycles. The standard InChI is InChI=1S/C15H15ClN2O2/c16-12-5-4-6-13(11-12)18-15(19)17-9-10-20-14-7-2-1-3-8-14/h1-8,11H,9-10H2,(H2,17,18,19). The van der Waals surface area contributed by atoms with Crippen LogP contribution >= 0.6 is 11.6 Å². The second-order valence-electron chi connectivity index (χ2n) is 4.05. The van der Waals surface area contributed by atoms with E-state index in [1.165, 1.54) is 0 Å². The second kappa shape index (κ2) is 7.40. The lowest BCUT2D eigenvalue weighted by molar-refractivity contribution is 0.247. The molecule has 2 aromatic rings. The highest BCUT2D eigenvalue weighted by Crippen LogP contribution is 2.14. The summed E-state index contributed by atoms with van der Waals surface area (Å²) in [6.45, 7) is 0.828. The third-order valence-corrected chi connectivity index (χ3v) is 2.72. The van der Waals surface area contributed by atoms with Crippen LogP contribution in [0.1, 0.15) is 0 Å². The lowest BCUT2D eigenvalue weighted by atomic mass is 10.3. The fourth-order valence-electron chi connectivity index (χ4n) is 1.59. The van der Waals surface area contributed by atoms with Crippen molar-refractivity contribution in [1.29, 1.82) is 0 Å². The smallest absolute Gasteiger partial charge is 0.319 e. The maximum atomic E-state index is 11.6. The topological polar surface area (TPSA) is 50.4 Å². The Bertz CT molecular complexity index is 561. The van der Waals surface area contributed by atoms with Crippen molar-refractivity contribution in [1.82, 2.24) is 5.32 Å². The van der Waals surface area contributed by atoms with Crippen LogP contribution in [0, 0.1) is 0 Å². The Morgan fingerprint density at radius 1 is 1.10 bits per heavy atom. The zero-order valence-electron chi connectivity index (χ0n) is 10.8. The summed E-state index contributed by atoms with van der Waals surface area (Å²) in [7, 11) is 0. The van der Waals surface area contributed by atoms with E-state index in [9.17, 15) is 4.79 Å². The Hall–Kier alpha value is -2.20. The molecule has 0 fully saturated rings. The van der Waals surface area contributed by atoms with Crippen LogP contribution in [0.15, 0.2) is 54.6 Å². The van der Waals surface area contributed by atoms with Crippen molar-refractivity contribution in [2.45, 2.75) is 0 Å². The molecule has 104 valence electrons. The largest absolute Gasteiger partial charge is 0.492 e. The van der Waals surface area contributed by atoms with Crippen molar-refractivity contribution >= 4 is 23.3 Å². The van der Waals surface area contributed by atoms with Crippen LogP contribution in [0.5, 0.6) is 5.75 Å². The highest BCUT2D eigenvalue weighted by Gasteiger charge is 2.01. The third kappa shape index (κ3) is 4.82. The number of hydrogen-bond acceptors (Lipinski definition) is 2. The van der Waals surface area contributed by atoms with Gasteiger partial charge in [-0.25, -0.2) is 4.79 Å². The molecule has 2 N–H and O–H groups in total. The molecule has 0 aromatic heterocycles. The van der Waals surface area contributed by atoms with Crippen molar-refractivity contribution in [2.24, 2.45) is 0 Å². The minimum atomic E-state index is -0.288. The summed E-state index contributed by atoms with van der Waals surface area (Å²) >= 11 is 5.83. The zero-order valence-corrected chi connectivity index (χ0v) is 11.6. The fourth-order valence-corrected chi connectivity index (χ4v) is 1.78. The average Bonchev–Trinajstić information content (AvgIpc) is 2.45. The molecule has 20 heavy (non-hydrogen) atoms. The van der Waals surface area contributed by atoms with Gasteiger partial charge < -0.3 is 15.4 Å². The Balaban J connectivity index is 1.68. The van der Waals surface area contributed by atoms with E-state index in [4.69, 9.17) is 16.3 Å². The second-order valence-corrected chi connectivity index (χ2v) is 4.49. The Morgan fingerprint density at radius 3 is 2.65 bits per heavy atom. The number of halogens is 1. The number of hydrogen-bond donors (Lipinski definition) is 2. The average molecular weight is 291 g/mol. The molecule has 4 nitrogen and oxygen atoms in total. The van der Waals surface area contributed by atoms with Gasteiger partial charge in [0.1, 0.15) is 12.4 Å². The lowest BCUT2D eigenvalue weighted by Crippen LogP contribution is -2.32. The van der Waals surface area contributed by atoms with Crippen LogP contribution in [0.4, 0.5) is 10.5 Å². The van der Waals surface area contributed by atoms with Gasteiger partial charge >= 0.3 is 6.03 Å². The van der Waals surface area contributed by atoms with E-state index in [2.05, 4.69) is 10.6 Å². The van der Waals surface area contributed by atoms with Gasteiger partial charge in [-0.3, -0.25) is 0 Å². The zero-order chi connectivity index (χ0) is 14.2. The van der Waals surface area contributed by atoms with E-state index in [-0.39, 0.29) is 6.03 Å². The van der Waals surface area contributed by atoms with Crippen LogP contribution in [-0.2, 0) is 0 Å². The van der Waals surface area contributed by atoms with Crippen molar-refractivity contribution < 1.29 is 9.53 Å². The number of nitrogens with one attached hydrogen (secondary N) is 2. The van der Waals surface area contributed by atoms with Crippen molar-refractivity contribution in [2.75, 3.05) is 18.5 Å². The predicted molar refractivity (Wildman–Crippen MR) is 80.4 cm³/mol. The highest BCUT2D eigenvalue weighted by molar-refractivity contribution is 6.30. The van der Waals surface area contributed by atoms with E-state index in [0.717, 1.165) is 5.75 Å². The SMILES string of the molecule is O=C(NCCOc1ccccc1)Nc1cccc(Cl)c1. The van der Waals surface area contributed by atoms with Gasteiger partial charge in [0.25, 0.3) is 0 Å². The number of carbonyl (C=O) groups excluding carboxylic acids is 1. The summed E-state index contributed by atoms with van der Waals surface area (Å²) in [5.74, 6) is 0.782. The van der Waals surface area contributed by atoms with Gasteiger partial charge in [-0.1, -0.05) is 35.9 Å². The minimum Gasteiger partial charge on any atom is -0.492 e. The molecular weight excluding hydrogens is 276 g/mol. The van der Waals surface area contributed by atoms with Gasteiger partial charge in [-0.05, 0) is 30.3 Å². The molecule has 2 aromatic carbocycles. The molecule has 0 spiro atoms. The molecule has 0 saturated carbocycles. The number of amides is 2. The molecule has 0 saturated heterocycles. The normalized spacial score (nSPS) is 9.85. The van der Waals surface area contributed by atoms with Crippen molar-refractivity contribution in [3.05, 3.63) is 59.6 Å². The quantitative estimate of drug-likeness (QED) is 0.828. The summed E-state index contributed by atoms with van der Waals surface area (Å²) in [6, 6.07) is 16.1. The number of urea groups is 1. The first-order valence-electron chi connectivity index (χ1n) is 6.22. The molecule has 0 bridgehead atoms. The van der Waals surface area contributed by atoms with Gasteiger partial charge in [0.15, 0.2) is 0 Å². The van der Waals surface area contributed by atoms with Crippen LogP contribution in [-0.4, -0.2) is 19.2 Å². The molecule has 0 aliphatic carbocycles. The molecule has 2 rings (SSSR count). The molecule has 0 aliphatic heterocycles. The third-order valence-electron chi connectivity index (χ3n) is 2.48. The van der Waals surface area contributed by atoms with Gasteiger partial charge in [0, 0.05) is 10.7 Å². The van der Waals surface area contributed by atoms with E-state index in [1.807, 2.05) is 30.3 Å². The molecule has 0 radical (unpaired) electrons. The Morgan fingerprint density at radius 2 is 1.90 bits per heavy atom. The highest BCUT2D eigenvalue weighted by atomic mass is 35.5. The van der Waals surface area contributed by atoms with Gasteiger partial charge in [0.2, 0.25) is 0 Å². The van der Waals surface area contributed by atoms with E-state index in [1.54, 1.807) is 24.3 Å². The maximum Gasteiger partial charge on any atom is 0.319 e. The lowest BCUT2D eigenvalue weighted by Gasteiger charge is -2.09. The van der Waals surface area contributed by atoms with Crippen LogP contribution in [0.25, 0.3) is 0 Å². The Kier molecular flexibility index (Phi) is 5.26. The van der Waals surface area contributed by atoms with E-state index in [0.29, 0.717) is 23.9 Å². The summed E-state index contributed by atoms with van der Waals surface area (Å²) in [5.41, 5.74) is 0.652. The monoisotopic (exact) mass is 290 g/mol. The molecule has 0 atom stereocenters. The summed E-state index contributed by atoms with van der Waals surface area (Å²) in [5, 5.41) is 5.97. The number of ether oxygens (including phenoxy) is 1. The van der Waals surface area contributed by atoms with Crippen LogP contribution in [0.3, 0.4) is 0 Å². The summed E-state index contributed by atoms with van der Waals surface area (Å²) < 4.78 is 5.46. The first-order chi connectivity index (χ1) is 9.74. The van der Waals surface area contributed by atoms with Crippen LogP contribution < -0.4 is 15.4 Å². The number of anilines is 1. The molecule has 0 aliphatic rings. The van der Waals surface area contributed by atoms with Gasteiger partial charge in [0.05, 0.1) is 6.54 Å². The maximum absolute atomic E-state index is 11.6.